The van der Waals surface area contributed by atoms with E-state index in [0.717, 1.165) is 22.0 Å². The van der Waals surface area contributed by atoms with Crippen LogP contribution in [0.1, 0.15) is 19.4 Å². The molecule has 0 bridgehead atoms. The van der Waals surface area contributed by atoms with Crippen molar-refractivity contribution in [1.29, 1.82) is 0 Å². The minimum absolute atomic E-state index is 0.374. The van der Waals surface area contributed by atoms with Gasteiger partial charge in [0.15, 0.2) is 11.5 Å². The van der Waals surface area contributed by atoms with Crippen molar-refractivity contribution in [2.45, 2.75) is 30.8 Å². The molecule has 0 spiro atoms. The van der Waals surface area contributed by atoms with E-state index in [9.17, 15) is 4.79 Å². The number of fused-ring (bicyclic) bond motifs is 1. The summed E-state index contributed by atoms with van der Waals surface area (Å²) in [4.78, 5) is 12.4. The monoisotopic (exact) mass is 296 g/mol. The van der Waals surface area contributed by atoms with Crippen LogP contribution in [0.5, 0.6) is 11.5 Å². The van der Waals surface area contributed by atoms with Crippen LogP contribution in [0.3, 0.4) is 0 Å². The Morgan fingerprint density at radius 3 is 2.50 bits per heavy atom. The molecule has 5 nitrogen and oxygen atoms in total. The Balaban J connectivity index is 2.20. The Kier molecular flexibility index (Phi) is 4.45. The number of rotatable bonds is 5. The normalized spacial score (nSPS) is 14.2. The van der Waals surface area contributed by atoms with Gasteiger partial charge in [0.25, 0.3) is 0 Å². The molecule has 6 heteroatoms. The predicted octanol–water partition coefficient (Wildman–Crippen LogP) is 1.53. The number of nitrogens with one attached hydrogen (secondary N) is 1. The number of thioether (sulfide) groups is 1. The minimum Gasteiger partial charge on any atom is -0.486 e. The SMILES string of the molecule is CSc1cc2c(cc1CNC(C)(C)C(N)=O)OCCO2. The lowest BCUT2D eigenvalue weighted by atomic mass is 10.0. The second kappa shape index (κ2) is 5.93. The highest BCUT2D eigenvalue weighted by Gasteiger charge is 2.24. The van der Waals surface area contributed by atoms with Crippen LogP contribution in [0.4, 0.5) is 0 Å². The molecule has 20 heavy (non-hydrogen) atoms. The molecule has 1 aromatic rings. The van der Waals surface area contributed by atoms with Gasteiger partial charge in [0.05, 0.1) is 5.54 Å². The molecule has 110 valence electrons. The number of ether oxygens (including phenoxy) is 2. The number of carbonyl (C=O) groups is 1. The summed E-state index contributed by atoms with van der Waals surface area (Å²) in [7, 11) is 0. The summed E-state index contributed by atoms with van der Waals surface area (Å²) >= 11 is 1.64. The van der Waals surface area contributed by atoms with E-state index in [-0.39, 0.29) is 5.91 Å². The third-order valence-corrected chi connectivity index (χ3v) is 4.10. The van der Waals surface area contributed by atoms with Crippen LogP contribution in [-0.2, 0) is 11.3 Å². The molecule has 3 N–H and O–H groups in total. The van der Waals surface area contributed by atoms with Gasteiger partial charge in [-0.25, -0.2) is 0 Å². The predicted molar refractivity (Wildman–Crippen MR) is 79.3 cm³/mol. The Hall–Kier alpha value is -1.40. The molecule has 0 saturated heterocycles. The van der Waals surface area contributed by atoms with Crippen LogP contribution in [0.25, 0.3) is 0 Å². The average molecular weight is 296 g/mol. The van der Waals surface area contributed by atoms with Crippen LogP contribution >= 0.6 is 11.8 Å². The lowest BCUT2D eigenvalue weighted by Crippen LogP contribution is -2.50. The van der Waals surface area contributed by atoms with Crippen molar-refractivity contribution >= 4 is 17.7 Å². The minimum atomic E-state index is -0.747. The summed E-state index contributed by atoms with van der Waals surface area (Å²) in [6, 6.07) is 3.94. The van der Waals surface area contributed by atoms with E-state index in [4.69, 9.17) is 15.2 Å². The number of carbonyl (C=O) groups excluding carboxylic acids is 1. The van der Waals surface area contributed by atoms with Gasteiger partial charge in [-0.3, -0.25) is 10.1 Å². The number of hydrogen-bond donors (Lipinski definition) is 2. The topological polar surface area (TPSA) is 73.6 Å². The second-order valence-corrected chi connectivity index (χ2v) is 6.00. The lowest BCUT2D eigenvalue weighted by molar-refractivity contribution is -0.123. The van der Waals surface area contributed by atoms with Gasteiger partial charge in [0, 0.05) is 11.4 Å². The highest BCUT2D eigenvalue weighted by atomic mass is 32.2. The zero-order valence-electron chi connectivity index (χ0n) is 12.0. The molecule has 0 aromatic heterocycles. The molecule has 0 fully saturated rings. The Morgan fingerprint density at radius 1 is 1.35 bits per heavy atom. The van der Waals surface area contributed by atoms with E-state index in [1.54, 1.807) is 25.6 Å². The molecule has 0 unspecified atom stereocenters. The zero-order chi connectivity index (χ0) is 14.8. The summed E-state index contributed by atoms with van der Waals surface area (Å²) in [5.41, 5.74) is 5.68. The summed E-state index contributed by atoms with van der Waals surface area (Å²) in [6.07, 6.45) is 2.01. The summed E-state index contributed by atoms with van der Waals surface area (Å²) in [5.74, 6) is 1.15. The maximum atomic E-state index is 11.3. The molecular weight excluding hydrogens is 276 g/mol. The third kappa shape index (κ3) is 3.19. The number of benzene rings is 1. The second-order valence-electron chi connectivity index (χ2n) is 5.15. The van der Waals surface area contributed by atoms with Crippen molar-refractivity contribution < 1.29 is 14.3 Å². The van der Waals surface area contributed by atoms with E-state index in [1.807, 2.05) is 18.4 Å². The van der Waals surface area contributed by atoms with Crippen molar-refractivity contribution in [1.82, 2.24) is 5.32 Å². The van der Waals surface area contributed by atoms with Gasteiger partial charge in [0.1, 0.15) is 13.2 Å². The molecule has 1 aliphatic rings. The fraction of sp³-hybridized carbons (Fsp3) is 0.500. The standard InChI is InChI=1S/C14H20N2O3S/c1-14(2,13(15)17)16-8-9-6-10-11(7-12(9)20-3)19-5-4-18-10/h6-7,16H,4-5,8H2,1-3H3,(H2,15,17). The molecule has 1 heterocycles. The van der Waals surface area contributed by atoms with Crippen LogP contribution in [0, 0.1) is 0 Å². The van der Waals surface area contributed by atoms with Crippen molar-refractivity contribution in [2.24, 2.45) is 5.73 Å². The quantitative estimate of drug-likeness (QED) is 0.806. The van der Waals surface area contributed by atoms with E-state index in [0.29, 0.717) is 19.8 Å². The molecule has 1 aliphatic heterocycles. The molecule has 1 aromatic carbocycles. The van der Waals surface area contributed by atoms with Crippen molar-refractivity contribution in [3.63, 3.8) is 0 Å². The fourth-order valence-electron chi connectivity index (χ4n) is 1.84. The van der Waals surface area contributed by atoms with Crippen molar-refractivity contribution in [3.8, 4) is 11.5 Å². The summed E-state index contributed by atoms with van der Waals surface area (Å²) in [6.45, 7) is 5.22. The number of nitrogens with two attached hydrogens (primary N) is 1. The Morgan fingerprint density at radius 2 is 1.95 bits per heavy atom. The summed E-state index contributed by atoms with van der Waals surface area (Å²) in [5, 5.41) is 3.17. The first kappa shape index (κ1) is 15.0. The molecular formula is C14H20N2O3S. The smallest absolute Gasteiger partial charge is 0.237 e. The van der Waals surface area contributed by atoms with Gasteiger partial charge < -0.3 is 15.2 Å². The molecule has 1 amide bonds. The highest BCUT2D eigenvalue weighted by molar-refractivity contribution is 7.98. The van der Waals surface area contributed by atoms with Gasteiger partial charge in [-0.1, -0.05) is 0 Å². The van der Waals surface area contributed by atoms with E-state index >= 15 is 0 Å². The van der Waals surface area contributed by atoms with Gasteiger partial charge in [-0.15, -0.1) is 11.8 Å². The maximum Gasteiger partial charge on any atom is 0.237 e. The molecule has 0 radical (unpaired) electrons. The summed E-state index contributed by atoms with van der Waals surface area (Å²) < 4.78 is 11.2. The van der Waals surface area contributed by atoms with Crippen LogP contribution in [0.15, 0.2) is 17.0 Å². The average Bonchev–Trinajstić information content (AvgIpc) is 2.43. The number of amides is 1. The first-order chi connectivity index (χ1) is 9.44. The van der Waals surface area contributed by atoms with Gasteiger partial charge >= 0.3 is 0 Å². The van der Waals surface area contributed by atoms with Crippen LogP contribution < -0.4 is 20.5 Å². The molecule has 2 rings (SSSR count). The molecule has 0 saturated carbocycles. The third-order valence-electron chi connectivity index (χ3n) is 3.28. The Labute approximate surface area is 123 Å². The zero-order valence-corrected chi connectivity index (χ0v) is 12.8. The fourth-order valence-corrected chi connectivity index (χ4v) is 2.46. The number of primary amides is 1. The van der Waals surface area contributed by atoms with Crippen LogP contribution in [0.2, 0.25) is 0 Å². The van der Waals surface area contributed by atoms with Crippen LogP contribution in [-0.4, -0.2) is 30.9 Å². The molecule has 0 atom stereocenters. The molecule has 0 aliphatic carbocycles. The highest BCUT2D eigenvalue weighted by Crippen LogP contribution is 2.36. The van der Waals surface area contributed by atoms with E-state index in [1.165, 1.54) is 0 Å². The first-order valence-electron chi connectivity index (χ1n) is 6.45. The first-order valence-corrected chi connectivity index (χ1v) is 7.68. The van der Waals surface area contributed by atoms with Crippen molar-refractivity contribution in [3.05, 3.63) is 17.7 Å². The number of hydrogen-bond acceptors (Lipinski definition) is 5. The van der Waals surface area contributed by atoms with E-state index < -0.39 is 5.54 Å². The van der Waals surface area contributed by atoms with Crippen molar-refractivity contribution in [2.75, 3.05) is 19.5 Å². The maximum absolute atomic E-state index is 11.3. The van der Waals surface area contributed by atoms with Gasteiger partial charge in [0.2, 0.25) is 5.91 Å². The Bertz CT molecular complexity index is 517. The van der Waals surface area contributed by atoms with Gasteiger partial charge in [-0.05, 0) is 37.8 Å². The lowest BCUT2D eigenvalue weighted by Gasteiger charge is -2.24. The van der Waals surface area contributed by atoms with E-state index in [2.05, 4.69) is 5.32 Å². The van der Waals surface area contributed by atoms with Gasteiger partial charge in [-0.2, -0.15) is 0 Å². The largest absolute Gasteiger partial charge is 0.486 e.